The van der Waals surface area contributed by atoms with Crippen LogP contribution < -0.4 is 5.32 Å². The third kappa shape index (κ3) is 2.00. The number of rotatable bonds is 5. The van der Waals surface area contributed by atoms with Crippen LogP contribution in [0, 0.1) is 17.8 Å². The molecule has 1 saturated carbocycles. The second kappa shape index (κ2) is 4.43. The Morgan fingerprint density at radius 1 is 1.21 bits per heavy atom. The number of aliphatic hydroxyl groups excluding tert-OH is 2. The lowest BCUT2D eigenvalue weighted by Gasteiger charge is -2.21. The Morgan fingerprint density at radius 2 is 2.00 bits per heavy atom. The van der Waals surface area contributed by atoms with Crippen molar-refractivity contribution in [3.8, 4) is 0 Å². The Kier molecular flexibility index (Phi) is 3.21. The first kappa shape index (κ1) is 10.1. The van der Waals surface area contributed by atoms with Crippen molar-refractivity contribution in [1.82, 2.24) is 5.32 Å². The van der Waals surface area contributed by atoms with E-state index in [4.69, 9.17) is 10.2 Å². The van der Waals surface area contributed by atoms with E-state index in [-0.39, 0.29) is 19.3 Å². The minimum Gasteiger partial charge on any atom is -0.395 e. The van der Waals surface area contributed by atoms with Crippen molar-refractivity contribution in [1.29, 1.82) is 0 Å². The summed E-state index contributed by atoms with van der Waals surface area (Å²) in [4.78, 5) is 0. The molecule has 0 amide bonds. The number of hydrogen-bond donors (Lipinski definition) is 3. The van der Waals surface area contributed by atoms with E-state index in [9.17, 15) is 0 Å². The fraction of sp³-hybridized carbons (Fsp3) is 0.818. The summed E-state index contributed by atoms with van der Waals surface area (Å²) in [6, 6.07) is -0.141. The van der Waals surface area contributed by atoms with Gasteiger partial charge in [-0.05, 0) is 37.1 Å². The second-order valence-electron chi connectivity index (χ2n) is 4.51. The van der Waals surface area contributed by atoms with Crippen molar-refractivity contribution in [2.45, 2.75) is 18.9 Å². The molecule has 1 fully saturated rings. The van der Waals surface area contributed by atoms with E-state index in [0.717, 1.165) is 18.4 Å². The normalized spacial score (nSPS) is 34.6. The number of hydrogen-bond acceptors (Lipinski definition) is 3. The molecule has 3 heteroatoms. The average molecular weight is 197 g/mol. The summed E-state index contributed by atoms with van der Waals surface area (Å²) in [6.07, 6.45) is 7.25. The Labute approximate surface area is 84.8 Å². The van der Waals surface area contributed by atoms with Crippen molar-refractivity contribution in [2.24, 2.45) is 17.8 Å². The zero-order valence-electron chi connectivity index (χ0n) is 8.39. The van der Waals surface area contributed by atoms with Gasteiger partial charge in [-0.2, -0.15) is 0 Å². The fourth-order valence-corrected chi connectivity index (χ4v) is 2.63. The van der Waals surface area contributed by atoms with Crippen molar-refractivity contribution in [3.05, 3.63) is 12.2 Å². The van der Waals surface area contributed by atoms with Crippen LogP contribution in [-0.4, -0.2) is 36.0 Å². The minimum atomic E-state index is -0.141. The van der Waals surface area contributed by atoms with Gasteiger partial charge < -0.3 is 15.5 Å². The van der Waals surface area contributed by atoms with Crippen LogP contribution in [0.1, 0.15) is 12.8 Å². The molecule has 0 aromatic heterocycles. The van der Waals surface area contributed by atoms with Gasteiger partial charge >= 0.3 is 0 Å². The highest BCUT2D eigenvalue weighted by Gasteiger charge is 2.35. The molecule has 2 bridgehead atoms. The van der Waals surface area contributed by atoms with Gasteiger partial charge in [0.05, 0.1) is 19.3 Å². The lowest BCUT2D eigenvalue weighted by atomic mass is 9.93. The summed E-state index contributed by atoms with van der Waals surface area (Å²) >= 11 is 0. The quantitative estimate of drug-likeness (QED) is 0.550. The maximum atomic E-state index is 8.90. The molecular formula is C11H19NO2. The smallest absolute Gasteiger partial charge is 0.0607 e. The topological polar surface area (TPSA) is 52.5 Å². The summed E-state index contributed by atoms with van der Waals surface area (Å²) in [5, 5.41) is 21.0. The van der Waals surface area contributed by atoms with E-state index < -0.39 is 0 Å². The highest BCUT2D eigenvalue weighted by Crippen LogP contribution is 2.42. The highest BCUT2D eigenvalue weighted by atomic mass is 16.3. The molecule has 3 nitrogen and oxygen atoms in total. The van der Waals surface area contributed by atoms with Gasteiger partial charge in [0.25, 0.3) is 0 Å². The van der Waals surface area contributed by atoms with Crippen LogP contribution in [0.15, 0.2) is 12.2 Å². The van der Waals surface area contributed by atoms with Gasteiger partial charge in [0, 0.05) is 0 Å². The van der Waals surface area contributed by atoms with E-state index in [2.05, 4.69) is 17.5 Å². The van der Waals surface area contributed by atoms with Gasteiger partial charge in [-0.1, -0.05) is 12.2 Å². The van der Waals surface area contributed by atoms with E-state index in [1.165, 1.54) is 12.8 Å². The molecule has 3 unspecified atom stereocenters. The van der Waals surface area contributed by atoms with Gasteiger partial charge in [-0.15, -0.1) is 0 Å². The molecule has 0 aromatic rings. The van der Waals surface area contributed by atoms with Crippen LogP contribution in [0.25, 0.3) is 0 Å². The monoisotopic (exact) mass is 197 g/mol. The van der Waals surface area contributed by atoms with Crippen LogP contribution in [0.2, 0.25) is 0 Å². The molecule has 0 radical (unpaired) electrons. The Bertz CT molecular complexity index is 213. The first-order valence-electron chi connectivity index (χ1n) is 5.47. The van der Waals surface area contributed by atoms with Gasteiger partial charge in [0.1, 0.15) is 0 Å². The molecular weight excluding hydrogens is 178 g/mol. The standard InChI is InChI=1S/C11H19NO2/c13-6-11(7-14)12-5-10-4-8-1-2-9(10)3-8/h1-2,8-14H,3-7H2. The summed E-state index contributed by atoms with van der Waals surface area (Å²) in [7, 11) is 0. The van der Waals surface area contributed by atoms with E-state index in [0.29, 0.717) is 5.92 Å². The van der Waals surface area contributed by atoms with Crippen molar-refractivity contribution in [2.75, 3.05) is 19.8 Å². The van der Waals surface area contributed by atoms with Crippen LogP contribution in [0.5, 0.6) is 0 Å². The van der Waals surface area contributed by atoms with Crippen LogP contribution >= 0.6 is 0 Å². The number of aliphatic hydroxyl groups is 2. The minimum absolute atomic E-state index is 0.0210. The number of nitrogens with one attached hydrogen (secondary N) is 1. The molecule has 3 N–H and O–H groups in total. The number of allylic oxidation sites excluding steroid dienone is 2. The molecule has 2 rings (SSSR count). The molecule has 2 aliphatic rings. The summed E-state index contributed by atoms with van der Waals surface area (Å²) in [5.74, 6) is 2.25. The first-order chi connectivity index (χ1) is 6.83. The van der Waals surface area contributed by atoms with Gasteiger partial charge in [-0.3, -0.25) is 0 Å². The molecule has 14 heavy (non-hydrogen) atoms. The second-order valence-corrected chi connectivity index (χ2v) is 4.51. The molecule has 3 atom stereocenters. The van der Waals surface area contributed by atoms with Crippen molar-refractivity contribution >= 4 is 0 Å². The van der Waals surface area contributed by atoms with E-state index in [1.807, 2.05) is 0 Å². The Morgan fingerprint density at radius 3 is 2.50 bits per heavy atom. The van der Waals surface area contributed by atoms with Crippen molar-refractivity contribution < 1.29 is 10.2 Å². The predicted octanol–water partition coefficient (Wildman–Crippen LogP) is 0.141. The average Bonchev–Trinajstić information content (AvgIpc) is 2.80. The summed E-state index contributed by atoms with van der Waals surface area (Å²) in [6.45, 7) is 0.970. The Hall–Kier alpha value is -0.380. The lowest BCUT2D eigenvalue weighted by molar-refractivity contribution is 0.165. The Balaban J connectivity index is 1.74. The molecule has 0 heterocycles. The van der Waals surface area contributed by atoms with Gasteiger partial charge in [-0.25, -0.2) is 0 Å². The van der Waals surface area contributed by atoms with E-state index >= 15 is 0 Å². The SMILES string of the molecule is OCC(CO)NCC1CC2C=CC1C2. The zero-order valence-corrected chi connectivity index (χ0v) is 8.39. The molecule has 0 aromatic carbocycles. The molecule has 0 aliphatic heterocycles. The maximum absolute atomic E-state index is 8.90. The third-order valence-corrected chi connectivity index (χ3v) is 3.53. The predicted molar refractivity (Wildman–Crippen MR) is 54.8 cm³/mol. The lowest BCUT2D eigenvalue weighted by Crippen LogP contribution is -2.39. The van der Waals surface area contributed by atoms with E-state index in [1.54, 1.807) is 0 Å². The molecule has 0 saturated heterocycles. The highest BCUT2D eigenvalue weighted by molar-refractivity contribution is 5.10. The molecule has 2 aliphatic carbocycles. The number of fused-ring (bicyclic) bond motifs is 2. The third-order valence-electron chi connectivity index (χ3n) is 3.53. The fourth-order valence-electron chi connectivity index (χ4n) is 2.63. The zero-order chi connectivity index (χ0) is 9.97. The summed E-state index contributed by atoms with van der Waals surface area (Å²) < 4.78 is 0. The summed E-state index contributed by atoms with van der Waals surface area (Å²) in [5.41, 5.74) is 0. The van der Waals surface area contributed by atoms with Crippen LogP contribution in [-0.2, 0) is 0 Å². The van der Waals surface area contributed by atoms with Crippen LogP contribution in [0.3, 0.4) is 0 Å². The van der Waals surface area contributed by atoms with Gasteiger partial charge in [0.2, 0.25) is 0 Å². The molecule has 0 spiro atoms. The van der Waals surface area contributed by atoms with Crippen LogP contribution in [0.4, 0.5) is 0 Å². The maximum Gasteiger partial charge on any atom is 0.0607 e. The van der Waals surface area contributed by atoms with Gasteiger partial charge in [0.15, 0.2) is 0 Å². The first-order valence-corrected chi connectivity index (χ1v) is 5.47. The molecule has 80 valence electrons. The largest absolute Gasteiger partial charge is 0.395 e. The van der Waals surface area contributed by atoms with Crippen molar-refractivity contribution in [3.63, 3.8) is 0 Å².